The predicted octanol–water partition coefficient (Wildman–Crippen LogP) is 2.15. The van der Waals surface area contributed by atoms with Crippen molar-refractivity contribution in [2.45, 2.75) is 25.8 Å². The van der Waals surface area contributed by atoms with Gasteiger partial charge >= 0.3 is 0 Å². The number of hydrogen-bond donors (Lipinski definition) is 1. The minimum absolute atomic E-state index is 0.0458. The maximum Gasteiger partial charge on any atom is 0.292 e. The Morgan fingerprint density at radius 1 is 1.42 bits per heavy atom. The van der Waals surface area contributed by atoms with Crippen LogP contribution in [0.4, 0.5) is 11.4 Å². The maximum absolute atomic E-state index is 11.8. The third-order valence-corrected chi connectivity index (χ3v) is 3.36. The fraction of sp³-hybridized carbons (Fsp3) is 0.462. The highest BCUT2D eigenvalue weighted by Gasteiger charge is 2.22. The number of carbonyl (C=O) groups excluding carboxylic acids is 1. The second-order valence-electron chi connectivity index (χ2n) is 4.59. The van der Waals surface area contributed by atoms with Crippen LogP contribution in [0.3, 0.4) is 0 Å². The fourth-order valence-corrected chi connectivity index (χ4v) is 2.39. The van der Waals surface area contributed by atoms with Gasteiger partial charge in [-0.25, -0.2) is 0 Å². The molecule has 6 nitrogen and oxygen atoms in total. The number of hydrogen-bond acceptors (Lipinski definition) is 4. The lowest BCUT2D eigenvalue weighted by molar-refractivity contribution is -0.384. The van der Waals surface area contributed by atoms with Crippen LogP contribution < -0.4 is 5.32 Å². The molecule has 1 fully saturated rings. The van der Waals surface area contributed by atoms with Crippen molar-refractivity contribution in [1.29, 1.82) is 0 Å². The predicted molar refractivity (Wildman–Crippen MR) is 71.9 cm³/mol. The molecule has 0 unspecified atom stereocenters. The second-order valence-corrected chi connectivity index (χ2v) is 4.59. The summed E-state index contributed by atoms with van der Waals surface area (Å²) in [6, 6.07) is 4.94. The van der Waals surface area contributed by atoms with Gasteiger partial charge in [0.2, 0.25) is 5.91 Å². The van der Waals surface area contributed by atoms with Crippen LogP contribution in [-0.2, 0) is 11.3 Å². The SMILES string of the molecule is CNc1c(CN2CCCCC2=O)cccc1[N+](=O)[O-]. The summed E-state index contributed by atoms with van der Waals surface area (Å²) in [5, 5.41) is 13.8. The lowest BCUT2D eigenvalue weighted by Crippen LogP contribution is -2.34. The average molecular weight is 263 g/mol. The van der Waals surface area contributed by atoms with Crippen LogP contribution in [0.25, 0.3) is 0 Å². The van der Waals surface area contributed by atoms with Crippen molar-refractivity contribution in [2.75, 3.05) is 18.9 Å². The van der Waals surface area contributed by atoms with Crippen molar-refractivity contribution in [1.82, 2.24) is 4.90 Å². The minimum atomic E-state index is -0.409. The zero-order chi connectivity index (χ0) is 13.8. The molecule has 1 heterocycles. The van der Waals surface area contributed by atoms with Gasteiger partial charge in [-0.15, -0.1) is 0 Å². The van der Waals surface area contributed by atoms with Crippen LogP contribution in [0.15, 0.2) is 18.2 Å². The van der Waals surface area contributed by atoms with Gasteiger partial charge in [0.05, 0.1) is 4.92 Å². The number of nitrogens with one attached hydrogen (secondary N) is 1. The van der Waals surface area contributed by atoms with Gasteiger partial charge in [0.25, 0.3) is 5.69 Å². The lowest BCUT2D eigenvalue weighted by atomic mass is 10.1. The van der Waals surface area contributed by atoms with Crippen molar-refractivity contribution in [3.05, 3.63) is 33.9 Å². The van der Waals surface area contributed by atoms with Crippen LogP contribution in [0.2, 0.25) is 0 Å². The molecule has 1 amide bonds. The zero-order valence-electron chi connectivity index (χ0n) is 10.9. The summed E-state index contributed by atoms with van der Waals surface area (Å²) in [6.45, 7) is 1.15. The zero-order valence-corrected chi connectivity index (χ0v) is 10.9. The molecule has 0 atom stereocenters. The quantitative estimate of drug-likeness (QED) is 0.667. The Kier molecular flexibility index (Phi) is 3.99. The molecule has 0 saturated carbocycles. The topological polar surface area (TPSA) is 75.5 Å². The third kappa shape index (κ3) is 2.83. The minimum Gasteiger partial charge on any atom is -0.382 e. The average Bonchev–Trinajstić information content (AvgIpc) is 2.41. The van der Waals surface area contributed by atoms with E-state index in [9.17, 15) is 14.9 Å². The molecule has 0 aliphatic carbocycles. The van der Waals surface area contributed by atoms with Crippen molar-refractivity contribution >= 4 is 17.3 Å². The summed E-state index contributed by atoms with van der Waals surface area (Å²) >= 11 is 0. The summed E-state index contributed by atoms with van der Waals surface area (Å²) in [5.41, 5.74) is 1.32. The smallest absolute Gasteiger partial charge is 0.292 e. The first-order chi connectivity index (χ1) is 9.13. The first-order valence-corrected chi connectivity index (χ1v) is 6.35. The van der Waals surface area contributed by atoms with Gasteiger partial charge in [0.15, 0.2) is 0 Å². The molecular weight excluding hydrogens is 246 g/mol. The Labute approximate surface area is 111 Å². The molecule has 1 saturated heterocycles. The molecule has 1 aliphatic rings. The summed E-state index contributed by atoms with van der Waals surface area (Å²) in [5.74, 6) is 0.125. The molecule has 2 rings (SSSR count). The van der Waals surface area contributed by atoms with E-state index in [4.69, 9.17) is 0 Å². The van der Waals surface area contributed by atoms with E-state index in [0.717, 1.165) is 24.9 Å². The molecule has 1 N–H and O–H groups in total. The van der Waals surface area contributed by atoms with Crippen molar-refractivity contribution in [3.8, 4) is 0 Å². The number of para-hydroxylation sites is 1. The van der Waals surface area contributed by atoms with Crippen LogP contribution in [-0.4, -0.2) is 29.3 Å². The maximum atomic E-state index is 11.8. The highest BCUT2D eigenvalue weighted by atomic mass is 16.6. The van der Waals surface area contributed by atoms with E-state index in [0.29, 0.717) is 18.7 Å². The summed E-state index contributed by atoms with van der Waals surface area (Å²) < 4.78 is 0. The van der Waals surface area contributed by atoms with E-state index in [-0.39, 0.29) is 11.6 Å². The molecule has 0 aromatic heterocycles. The number of benzene rings is 1. The molecular formula is C13H17N3O3. The van der Waals surface area contributed by atoms with Gasteiger partial charge in [0.1, 0.15) is 5.69 Å². The van der Waals surface area contributed by atoms with Gasteiger partial charge in [0, 0.05) is 38.2 Å². The van der Waals surface area contributed by atoms with Crippen molar-refractivity contribution < 1.29 is 9.72 Å². The van der Waals surface area contributed by atoms with Gasteiger partial charge in [-0.2, -0.15) is 0 Å². The second kappa shape index (κ2) is 5.69. The van der Waals surface area contributed by atoms with E-state index in [1.807, 2.05) is 6.07 Å². The molecule has 1 aromatic carbocycles. The van der Waals surface area contributed by atoms with E-state index in [1.54, 1.807) is 18.0 Å². The first-order valence-electron chi connectivity index (χ1n) is 6.35. The van der Waals surface area contributed by atoms with E-state index in [1.165, 1.54) is 6.07 Å². The number of nitrogens with zero attached hydrogens (tertiary/aromatic N) is 2. The molecule has 102 valence electrons. The van der Waals surface area contributed by atoms with Crippen LogP contribution in [0.5, 0.6) is 0 Å². The number of nitro groups is 1. The number of nitro benzene ring substituents is 1. The Hall–Kier alpha value is -2.11. The van der Waals surface area contributed by atoms with Crippen LogP contribution in [0, 0.1) is 10.1 Å². The van der Waals surface area contributed by atoms with E-state index in [2.05, 4.69) is 5.32 Å². The Balaban J connectivity index is 2.26. The molecule has 1 aliphatic heterocycles. The standard InChI is InChI=1S/C13H17N3O3/c1-14-13-10(5-4-6-11(13)16(18)19)9-15-8-3-2-7-12(15)17/h4-6,14H,2-3,7-9H2,1H3. The molecule has 0 radical (unpaired) electrons. The fourth-order valence-electron chi connectivity index (χ4n) is 2.39. The van der Waals surface area contributed by atoms with E-state index < -0.39 is 4.92 Å². The van der Waals surface area contributed by atoms with E-state index >= 15 is 0 Å². The van der Waals surface area contributed by atoms with Crippen molar-refractivity contribution in [2.24, 2.45) is 0 Å². The molecule has 6 heteroatoms. The van der Waals surface area contributed by atoms with Crippen LogP contribution >= 0.6 is 0 Å². The van der Waals surface area contributed by atoms with Gasteiger partial charge in [-0.3, -0.25) is 14.9 Å². The number of anilines is 1. The normalized spacial score (nSPS) is 15.4. The number of carbonyl (C=O) groups is 1. The summed E-state index contributed by atoms with van der Waals surface area (Å²) in [7, 11) is 1.66. The Bertz CT molecular complexity index is 502. The van der Waals surface area contributed by atoms with Crippen molar-refractivity contribution in [3.63, 3.8) is 0 Å². The van der Waals surface area contributed by atoms with Crippen LogP contribution in [0.1, 0.15) is 24.8 Å². The Morgan fingerprint density at radius 3 is 2.84 bits per heavy atom. The first kappa shape index (κ1) is 13.3. The largest absolute Gasteiger partial charge is 0.382 e. The highest BCUT2D eigenvalue weighted by Crippen LogP contribution is 2.29. The molecule has 0 spiro atoms. The Morgan fingerprint density at radius 2 is 2.21 bits per heavy atom. The molecule has 1 aromatic rings. The number of amides is 1. The summed E-state index contributed by atoms with van der Waals surface area (Å²) in [4.78, 5) is 24.1. The number of rotatable bonds is 4. The number of piperidine rings is 1. The lowest BCUT2D eigenvalue weighted by Gasteiger charge is -2.27. The third-order valence-electron chi connectivity index (χ3n) is 3.36. The molecule has 0 bridgehead atoms. The van der Waals surface area contributed by atoms with Gasteiger partial charge in [-0.05, 0) is 12.8 Å². The molecule has 19 heavy (non-hydrogen) atoms. The highest BCUT2D eigenvalue weighted by molar-refractivity contribution is 5.77. The van der Waals surface area contributed by atoms with Gasteiger partial charge in [-0.1, -0.05) is 12.1 Å². The monoisotopic (exact) mass is 263 g/mol. The number of likely N-dealkylation sites (tertiary alicyclic amines) is 1. The summed E-state index contributed by atoms with van der Waals surface area (Å²) in [6.07, 6.45) is 2.50. The van der Waals surface area contributed by atoms with Gasteiger partial charge < -0.3 is 10.2 Å².